The third-order valence-electron chi connectivity index (χ3n) is 3.21. The van der Waals surface area contributed by atoms with Gasteiger partial charge in [-0.25, -0.2) is 4.98 Å². The molecule has 7 heteroatoms. The number of anilines is 1. The molecule has 3 aromatic rings. The van der Waals surface area contributed by atoms with Crippen LogP contribution in [-0.4, -0.2) is 20.8 Å². The normalized spacial score (nSPS) is 10.6. The Morgan fingerprint density at radius 1 is 1.27 bits per heavy atom. The molecule has 0 unspecified atom stereocenters. The van der Waals surface area contributed by atoms with Crippen molar-refractivity contribution in [1.82, 2.24) is 9.97 Å². The number of hydrogen-bond acceptors (Lipinski definition) is 4. The average molecular weight is 296 g/mol. The molecule has 7 nitrogen and oxygen atoms in total. The predicted molar refractivity (Wildman–Crippen MR) is 81.9 cm³/mol. The second kappa shape index (κ2) is 5.28. The number of nitro benzene ring substituents is 1. The van der Waals surface area contributed by atoms with Crippen molar-refractivity contribution in [3.8, 4) is 0 Å². The van der Waals surface area contributed by atoms with Crippen LogP contribution in [0.1, 0.15) is 16.2 Å². The van der Waals surface area contributed by atoms with Gasteiger partial charge >= 0.3 is 0 Å². The number of nitrogens with one attached hydrogen (secondary N) is 2. The molecule has 1 amide bonds. The van der Waals surface area contributed by atoms with Crippen LogP contribution in [0.25, 0.3) is 10.9 Å². The molecule has 0 aliphatic heterocycles. The Kier molecular flexibility index (Phi) is 3.30. The Hall–Kier alpha value is -3.22. The van der Waals surface area contributed by atoms with Crippen molar-refractivity contribution in [2.75, 3.05) is 5.32 Å². The Morgan fingerprint density at radius 2 is 2.05 bits per heavy atom. The lowest BCUT2D eigenvalue weighted by Gasteiger charge is -2.03. The first kappa shape index (κ1) is 13.7. The van der Waals surface area contributed by atoms with E-state index in [0.29, 0.717) is 16.7 Å². The molecule has 2 N–H and O–H groups in total. The molecular weight excluding hydrogens is 284 g/mol. The lowest BCUT2D eigenvalue weighted by molar-refractivity contribution is -0.383. The molecular formula is C15H12N4O3. The van der Waals surface area contributed by atoms with Gasteiger partial charge in [0, 0.05) is 17.1 Å². The van der Waals surface area contributed by atoms with Crippen molar-refractivity contribution in [2.24, 2.45) is 0 Å². The van der Waals surface area contributed by atoms with E-state index in [4.69, 9.17) is 0 Å². The SMILES string of the molecule is Cc1cccc(NC(=O)c2cc3cccc([N+](=O)[O-])c3[nH]2)n1. The Bertz CT molecular complexity index is 885. The summed E-state index contributed by atoms with van der Waals surface area (Å²) < 4.78 is 0. The number of H-pyrrole nitrogens is 1. The molecule has 0 aliphatic rings. The highest BCUT2D eigenvalue weighted by Crippen LogP contribution is 2.25. The topological polar surface area (TPSA) is 101 Å². The van der Waals surface area contributed by atoms with Crippen molar-refractivity contribution in [3.63, 3.8) is 0 Å². The summed E-state index contributed by atoms with van der Waals surface area (Å²) in [5, 5.41) is 14.3. The van der Waals surface area contributed by atoms with E-state index in [1.165, 1.54) is 6.07 Å². The zero-order valence-corrected chi connectivity index (χ0v) is 11.7. The van der Waals surface area contributed by atoms with Crippen LogP contribution in [0, 0.1) is 17.0 Å². The molecule has 1 aromatic carbocycles. The highest BCUT2D eigenvalue weighted by molar-refractivity contribution is 6.06. The number of carbonyl (C=O) groups excluding carboxylic acids is 1. The summed E-state index contributed by atoms with van der Waals surface area (Å²) in [5.41, 5.74) is 1.29. The summed E-state index contributed by atoms with van der Waals surface area (Å²) in [6, 6.07) is 11.5. The molecule has 0 fully saturated rings. The minimum Gasteiger partial charge on any atom is -0.345 e. The number of rotatable bonds is 3. The molecule has 2 heterocycles. The summed E-state index contributed by atoms with van der Waals surface area (Å²) in [6.45, 7) is 1.82. The maximum absolute atomic E-state index is 12.2. The Morgan fingerprint density at radius 3 is 2.77 bits per heavy atom. The maximum atomic E-state index is 12.2. The van der Waals surface area contributed by atoms with Crippen LogP contribution in [0.5, 0.6) is 0 Å². The third-order valence-corrected chi connectivity index (χ3v) is 3.21. The molecule has 0 spiro atoms. The highest BCUT2D eigenvalue weighted by atomic mass is 16.6. The van der Waals surface area contributed by atoms with Gasteiger partial charge in [-0.3, -0.25) is 14.9 Å². The predicted octanol–water partition coefficient (Wildman–Crippen LogP) is 3.03. The zero-order valence-electron chi connectivity index (χ0n) is 11.7. The molecule has 0 aliphatic carbocycles. The molecule has 0 atom stereocenters. The standard InChI is InChI=1S/C15H12N4O3/c1-9-4-2-7-13(16-9)18-15(20)11-8-10-5-3-6-12(19(21)22)14(10)17-11/h2-8,17H,1H3,(H,16,18,20). The number of amides is 1. The number of aryl methyl sites for hydroxylation is 1. The summed E-state index contributed by atoms with van der Waals surface area (Å²) in [7, 11) is 0. The fraction of sp³-hybridized carbons (Fsp3) is 0.0667. The van der Waals surface area contributed by atoms with Crippen molar-refractivity contribution >= 4 is 28.3 Å². The number of nitrogens with zero attached hydrogens (tertiary/aromatic N) is 2. The van der Waals surface area contributed by atoms with Crippen LogP contribution in [-0.2, 0) is 0 Å². The van der Waals surface area contributed by atoms with Crippen molar-refractivity contribution in [1.29, 1.82) is 0 Å². The van der Waals surface area contributed by atoms with Crippen LogP contribution in [0.2, 0.25) is 0 Å². The van der Waals surface area contributed by atoms with Gasteiger partial charge in [-0.2, -0.15) is 0 Å². The first-order valence-corrected chi connectivity index (χ1v) is 6.56. The summed E-state index contributed by atoms with van der Waals surface area (Å²) in [5.74, 6) is 0.0294. The second-order valence-corrected chi connectivity index (χ2v) is 4.80. The lowest BCUT2D eigenvalue weighted by Crippen LogP contribution is -2.13. The number of fused-ring (bicyclic) bond motifs is 1. The largest absolute Gasteiger partial charge is 0.345 e. The molecule has 22 heavy (non-hydrogen) atoms. The molecule has 110 valence electrons. The van der Waals surface area contributed by atoms with Crippen molar-refractivity contribution < 1.29 is 9.72 Å². The number of para-hydroxylation sites is 1. The Balaban J connectivity index is 1.95. The summed E-state index contributed by atoms with van der Waals surface area (Å²) in [4.78, 5) is 29.7. The van der Waals surface area contributed by atoms with Gasteiger partial charge in [0.2, 0.25) is 0 Å². The van der Waals surface area contributed by atoms with Gasteiger partial charge in [0.1, 0.15) is 17.0 Å². The number of aromatic nitrogens is 2. The van der Waals surface area contributed by atoms with Gasteiger partial charge in [-0.05, 0) is 25.1 Å². The van der Waals surface area contributed by atoms with Gasteiger partial charge in [0.05, 0.1) is 4.92 Å². The monoisotopic (exact) mass is 296 g/mol. The number of carbonyl (C=O) groups is 1. The highest BCUT2D eigenvalue weighted by Gasteiger charge is 2.17. The first-order chi connectivity index (χ1) is 10.5. The van der Waals surface area contributed by atoms with Gasteiger partial charge < -0.3 is 10.3 Å². The van der Waals surface area contributed by atoms with Gasteiger partial charge in [0.25, 0.3) is 11.6 Å². The summed E-state index contributed by atoms with van der Waals surface area (Å²) >= 11 is 0. The number of pyridine rings is 1. The van der Waals surface area contributed by atoms with E-state index in [1.54, 1.807) is 30.3 Å². The zero-order chi connectivity index (χ0) is 15.7. The lowest BCUT2D eigenvalue weighted by atomic mass is 10.2. The number of non-ortho nitro benzene ring substituents is 1. The smallest absolute Gasteiger partial charge is 0.293 e. The number of hydrogen-bond donors (Lipinski definition) is 2. The van der Waals surface area contributed by atoms with Crippen LogP contribution >= 0.6 is 0 Å². The van der Waals surface area contributed by atoms with Gasteiger partial charge in [0.15, 0.2) is 0 Å². The van der Waals surface area contributed by atoms with E-state index in [2.05, 4.69) is 15.3 Å². The van der Waals surface area contributed by atoms with E-state index in [0.717, 1.165) is 5.69 Å². The molecule has 0 saturated heterocycles. The van der Waals surface area contributed by atoms with E-state index in [9.17, 15) is 14.9 Å². The van der Waals surface area contributed by atoms with Crippen LogP contribution in [0.3, 0.4) is 0 Å². The summed E-state index contributed by atoms with van der Waals surface area (Å²) in [6.07, 6.45) is 0. The Labute approximate surface area is 125 Å². The molecule has 2 aromatic heterocycles. The number of aromatic amines is 1. The quantitative estimate of drug-likeness (QED) is 0.573. The fourth-order valence-corrected chi connectivity index (χ4v) is 2.21. The number of benzene rings is 1. The average Bonchev–Trinajstić information content (AvgIpc) is 2.91. The minimum atomic E-state index is -0.484. The van der Waals surface area contributed by atoms with Crippen molar-refractivity contribution in [2.45, 2.75) is 6.92 Å². The first-order valence-electron chi connectivity index (χ1n) is 6.56. The molecule has 0 radical (unpaired) electrons. The van der Waals surface area contributed by atoms with E-state index in [-0.39, 0.29) is 11.4 Å². The van der Waals surface area contributed by atoms with Gasteiger partial charge in [-0.15, -0.1) is 0 Å². The van der Waals surface area contributed by atoms with E-state index >= 15 is 0 Å². The van der Waals surface area contributed by atoms with Crippen LogP contribution in [0.15, 0.2) is 42.5 Å². The van der Waals surface area contributed by atoms with E-state index in [1.807, 2.05) is 13.0 Å². The fourth-order valence-electron chi connectivity index (χ4n) is 2.21. The third kappa shape index (κ3) is 2.51. The van der Waals surface area contributed by atoms with Crippen LogP contribution < -0.4 is 5.32 Å². The molecule has 0 saturated carbocycles. The van der Waals surface area contributed by atoms with Crippen molar-refractivity contribution in [3.05, 3.63) is 64.0 Å². The number of nitro groups is 1. The maximum Gasteiger partial charge on any atom is 0.293 e. The minimum absolute atomic E-state index is 0.0646. The van der Waals surface area contributed by atoms with E-state index < -0.39 is 10.8 Å². The second-order valence-electron chi connectivity index (χ2n) is 4.80. The molecule has 0 bridgehead atoms. The van der Waals surface area contributed by atoms with Gasteiger partial charge in [-0.1, -0.05) is 18.2 Å². The van der Waals surface area contributed by atoms with Crippen LogP contribution in [0.4, 0.5) is 11.5 Å². The molecule has 3 rings (SSSR count).